The van der Waals surface area contributed by atoms with Crippen LogP contribution in [0.3, 0.4) is 0 Å². The van der Waals surface area contributed by atoms with Crippen molar-refractivity contribution in [1.82, 2.24) is 20.0 Å². The van der Waals surface area contributed by atoms with Crippen LogP contribution in [0.5, 0.6) is 0 Å². The van der Waals surface area contributed by atoms with Gasteiger partial charge in [-0.1, -0.05) is 30.3 Å². The summed E-state index contributed by atoms with van der Waals surface area (Å²) in [5.41, 5.74) is 4.92. The fraction of sp³-hybridized carbons (Fsp3) is 0.583. The van der Waals surface area contributed by atoms with Gasteiger partial charge in [-0.2, -0.15) is 5.10 Å². The van der Waals surface area contributed by atoms with Gasteiger partial charge in [0.2, 0.25) is 5.91 Å². The maximum atomic E-state index is 12.1. The summed E-state index contributed by atoms with van der Waals surface area (Å²) in [6.45, 7) is 8.85. The first kappa shape index (κ1) is 22.0. The van der Waals surface area contributed by atoms with Crippen molar-refractivity contribution >= 4 is 5.91 Å². The first-order valence-corrected chi connectivity index (χ1v) is 11.5. The molecule has 0 bridgehead atoms. The van der Waals surface area contributed by atoms with Gasteiger partial charge >= 0.3 is 0 Å². The van der Waals surface area contributed by atoms with Crippen LogP contribution in [0.25, 0.3) is 0 Å². The van der Waals surface area contributed by atoms with E-state index in [4.69, 9.17) is 14.6 Å². The van der Waals surface area contributed by atoms with Gasteiger partial charge in [0.1, 0.15) is 6.61 Å². The molecular formula is C24H34N4O3. The summed E-state index contributed by atoms with van der Waals surface area (Å²) >= 11 is 0. The lowest BCUT2D eigenvalue weighted by atomic mass is 9.96. The minimum Gasteiger partial charge on any atom is -0.376 e. The van der Waals surface area contributed by atoms with E-state index in [-0.39, 0.29) is 12.5 Å². The summed E-state index contributed by atoms with van der Waals surface area (Å²) in [5, 5.41) is 7.90. The molecule has 1 aromatic heterocycles. The molecule has 168 valence electrons. The summed E-state index contributed by atoms with van der Waals surface area (Å²) < 4.78 is 13.4. The van der Waals surface area contributed by atoms with Gasteiger partial charge in [0.25, 0.3) is 0 Å². The molecule has 0 aliphatic carbocycles. The average molecular weight is 427 g/mol. The third kappa shape index (κ3) is 5.93. The van der Waals surface area contributed by atoms with E-state index >= 15 is 0 Å². The molecule has 3 heterocycles. The van der Waals surface area contributed by atoms with Crippen molar-refractivity contribution in [3.63, 3.8) is 0 Å². The summed E-state index contributed by atoms with van der Waals surface area (Å²) in [4.78, 5) is 14.6. The average Bonchev–Trinajstić information content (AvgIpc) is 3.17. The number of ether oxygens (including phenoxy) is 2. The molecule has 1 saturated heterocycles. The number of nitrogens with zero attached hydrogens (tertiary/aromatic N) is 3. The molecule has 1 N–H and O–H groups in total. The maximum absolute atomic E-state index is 12.1. The molecule has 0 saturated carbocycles. The number of piperidine rings is 1. The number of hydrogen-bond acceptors (Lipinski definition) is 5. The number of rotatable bonds is 9. The molecule has 2 aliphatic rings. The number of fused-ring (bicyclic) bond motifs is 1. The van der Waals surface area contributed by atoms with Gasteiger partial charge in [0, 0.05) is 37.3 Å². The smallest absolute Gasteiger partial charge is 0.246 e. The highest BCUT2D eigenvalue weighted by atomic mass is 16.5. The molecule has 2 aromatic rings. The number of carbonyl (C=O) groups is 1. The highest BCUT2D eigenvalue weighted by molar-refractivity contribution is 5.77. The monoisotopic (exact) mass is 426 g/mol. The molecule has 1 fully saturated rings. The molecular weight excluding hydrogens is 392 g/mol. The number of carbonyl (C=O) groups excluding carboxylic acids is 1. The van der Waals surface area contributed by atoms with E-state index in [1.54, 1.807) is 0 Å². The van der Waals surface area contributed by atoms with Crippen molar-refractivity contribution in [3.8, 4) is 0 Å². The van der Waals surface area contributed by atoms with E-state index in [2.05, 4.69) is 21.8 Å². The normalized spacial score (nSPS) is 17.5. The summed E-state index contributed by atoms with van der Waals surface area (Å²) in [6, 6.07) is 9.93. The Morgan fingerprint density at radius 2 is 2.06 bits per heavy atom. The van der Waals surface area contributed by atoms with Crippen molar-refractivity contribution in [2.24, 2.45) is 5.92 Å². The van der Waals surface area contributed by atoms with Crippen molar-refractivity contribution in [2.45, 2.75) is 52.5 Å². The quantitative estimate of drug-likeness (QED) is 0.667. The third-order valence-electron chi connectivity index (χ3n) is 6.29. The zero-order valence-electron chi connectivity index (χ0n) is 18.5. The van der Waals surface area contributed by atoms with Crippen LogP contribution in [0.4, 0.5) is 0 Å². The SMILES string of the molecule is CCn1nc(CN2CCC(CNC(=O)COCc3ccccc3)CC2)c2c1CCOC2. The Kier molecular flexibility index (Phi) is 7.72. The molecule has 0 spiro atoms. The topological polar surface area (TPSA) is 68.6 Å². The van der Waals surface area contributed by atoms with Crippen LogP contribution >= 0.6 is 0 Å². The van der Waals surface area contributed by atoms with Crippen LogP contribution in [0.15, 0.2) is 30.3 Å². The Labute approximate surface area is 184 Å². The second-order valence-corrected chi connectivity index (χ2v) is 8.49. The molecule has 0 radical (unpaired) electrons. The van der Waals surface area contributed by atoms with Crippen LogP contribution in [0, 0.1) is 5.92 Å². The molecule has 1 amide bonds. The van der Waals surface area contributed by atoms with E-state index in [0.717, 1.165) is 64.2 Å². The van der Waals surface area contributed by atoms with Gasteiger partial charge in [-0.25, -0.2) is 0 Å². The number of nitrogens with one attached hydrogen (secondary N) is 1. The Hall–Kier alpha value is -2.22. The second kappa shape index (κ2) is 10.9. The van der Waals surface area contributed by atoms with Crippen LogP contribution in [-0.4, -0.2) is 53.4 Å². The van der Waals surface area contributed by atoms with Gasteiger partial charge in [-0.3, -0.25) is 14.4 Å². The number of aromatic nitrogens is 2. The van der Waals surface area contributed by atoms with E-state index in [9.17, 15) is 4.79 Å². The number of aryl methyl sites for hydroxylation is 1. The number of benzene rings is 1. The van der Waals surface area contributed by atoms with Gasteiger partial charge in [0.15, 0.2) is 0 Å². The zero-order valence-corrected chi connectivity index (χ0v) is 18.5. The fourth-order valence-electron chi connectivity index (χ4n) is 4.47. The van der Waals surface area contributed by atoms with Crippen molar-refractivity contribution in [2.75, 3.05) is 32.8 Å². The van der Waals surface area contributed by atoms with E-state index < -0.39 is 0 Å². The molecule has 2 aliphatic heterocycles. The molecule has 0 atom stereocenters. The number of amides is 1. The molecule has 4 rings (SSSR count). The van der Waals surface area contributed by atoms with Gasteiger partial charge in [0.05, 0.1) is 25.5 Å². The highest BCUT2D eigenvalue weighted by Gasteiger charge is 2.25. The largest absolute Gasteiger partial charge is 0.376 e. The summed E-state index contributed by atoms with van der Waals surface area (Å²) in [7, 11) is 0. The predicted octanol–water partition coefficient (Wildman–Crippen LogP) is 2.52. The lowest BCUT2D eigenvalue weighted by molar-refractivity contribution is -0.126. The molecule has 7 heteroatoms. The van der Waals surface area contributed by atoms with Gasteiger partial charge in [-0.05, 0) is 44.3 Å². The van der Waals surface area contributed by atoms with Crippen molar-refractivity contribution in [1.29, 1.82) is 0 Å². The Morgan fingerprint density at radius 1 is 1.26 bits per heavy atom. The zero-order chi connectivity index (χ0) is 21.5. The van der Waals surface area contributed by atoms with Gasteiger partial charge < -0.3 is 14.8 Å². The first-order valence-electron chi connectivity index (χ1n) is 11.5. The standard InChI is InChI=1S/C24H34N4O3/c1-2-28-23-10-13-30-17-21(23)22(26-28)15-27-11-8-19(9-12-27)14-25-24(29)18-31-16-20-6-4-3-5-7-20/h3-7,19H,2,8-18H2,1H3,(H,25,29). The fourth-order valence-corrected chi connectivity index (χ4v) is 4.47. The Morgan fingerprint density at radius 3 is 2.84 bits per heavy atom. The van der Waals surface area contributed by atoms with E-state index in [0.29, 0.717) is 19.1 Å². The summed E-state index contributed by atoms with van der Waals surface area (Å²) in [6.07, 6.45) is 3.16. The highest BCUT2D eigenvalue weighted by Crippen LogP contribution is 2.24. The van der Waals surface area contributed by atoms with Crippen LogP contribution in [-0.2, 0) is 47.0 Å². The van der Waals surface area contributed by atoms with Crippen LogP contribution in [0.2, 0.25) is 0 Å². The van der Waals surface area contributed by atoms with E-state index in [1.807, 2.05) is 30.3 Å². The Balaban J connectivity index is 1.16. The molecule has 7 nitrogen and oxygen atoms in total. The minimum atomic E-state index is -0.0323. The maximum Gasteiger partial charge on any atom is 0.246 e. The molecule has 31 heavy (non-hydrogen) atoms. The predicted molar refractivity (Wildman–Crippen MR) is 118 cm³/mol. The Bertz CT molecular complexity index is 844. The van der Waals surface area contributed by atoms with Crippen molar-refractivity contribution < 1.29 is 14.3 Å². The lowest BCUT2D eigenvalue weighted by Crippen LogP contribution is -2.39. The number of hydrogen-bond donors (Lipinski definition) is 1. The summed E-state index contributed by atoms with van der Waals surface area (Å²) in [5.74, 6) is 0.495. The van der Waals surface area contributed by atoms with E-state index in [1.165, 1.54) is 17.0 Å². The van der Waals surface area contributed by atoms with Crippen molar-refractivity contribution in [3.05, 3.63) is 52.8 Å². The molecule has 0 unspecified atom stereocenters. The first-order chi connectivity index (χ1) is 15.2. The van der Waals surface area contributed by atoms with Crippen LogP contribution < -0.4 is 5.32 Å². The van der Waals surface area contributed by atoms with Gasteiger partial charge in [-0.15, -0.1) is 0 Å². The number of likely N-dealkylation sites (tertiary alicyclic amines) is 1. The third-order valence-corrected chi connectivity index (χ3v) is 6.29. The molecule has 1 aromatic carbocycles. The minimum absolute atomic E-state index is 0.0323. The van der Waals surface area contributed by atoms with Crippen LogP contribution in [0.1, 0.15) is 42.3 Å². The lowest BCUT2D eigenvalue weighted by Gasteiger charge is -2.31. The second-order valence-electron chi connectivity index (χ2n) is 8.49.